The molecule has 1 aromatic rings. The Kier molecular flexibility index (Phi) is 4.40. The third kappa shape index (κ3) is 3.59. The first kappa shape index (κ1) is 19.5. The van der Waals surface area contributed by atoms with Crippen LogP contribution in [0.1, 0.15) is 46.1 Å². The quantitative estimate of drug-likeness (QED) is 0.802. The summed E-state index contributed by atoms with van der Waals surface area (Å²) >= 11 is 0. The molecule has 0 amide bonds. The molecule has 1 saturated heterocycles. The molecular formula is C16H21BF3NO4S. The molecule has 0 atom stereocenters. The van der Waals surface area contributed by atoms with Crippen LogP contribution in [0.15, 0.2) is 18.2 Å². The van der Waals surface area contributed by atoms with Gasteiger partial charge in [0, 0.05) is 0 Å². The summed E-state index contributed by atoms with van der Waals surface area (Å²) in [6.45, 7) is 7.31. The van der Waals surface area contributed by atoms with Crippen molar-refractivity contribution in [3.63, 3.8) is 0 Å². The van der Waals surface area contributed by atoms with Crippen LogP contribution in [0.2, 0.25) is 0 Å². The molecule has 0 unspecified atom stereocenters. The lowest BCUT2D eigenvalue weighted by atomic mass is 9.78. The van der Waals surface area contributed by atoms with Gasteiger partial charge in [-0.25, -0.2) is 8.42 Å². The molecule has 1 aliphatic carbocycles. The Morgan fingerprint density at radius 2 is 1.65 bits per heavy atom. The van der Waals surface area contributed by atoms with Crippen molar-refractivity contribution in [2.24, 2.45) is 0 Å². The largest absolute Gasteiger partial charge is 0.494 e. The Morgan fingerprint density at radius 1 is 1.12 bits per heavy atom. The zero-order chi connectivity index (χ0) is 19.5. The molecule has 1 aliphatic heterocycles. The van der Waals surface area contributed by atoms with Crippen LogP contribution in [-0.4, -0.2) is 32.0 Å². The lowest BCUT2D eigenvalue weighted by Gasteiger charge is -2.32. The summed E-state index contributed by atoms with van der Waals surface area (Å²) < 4.78 is 78.0. The minimum Gasteiger partial charge on any atom is -0.399 e. The van der Waals surface area contributed by atoms with E-state index in [2.05, 4.69) is 4.72 Å². The molecule has 5 nitrogen and oxygen atoms in total. The number of benzene rings is 1. The lowest BCUT2D eigenvalue weighted by Crippen LogP contribution is -2.41. The summed E-state index contributed by atoms with van der Waals surface area (Å²) in [5, 5.41) is -0.635. The van der Waals surface area contributed by atoms with Crippen molar-refractivity contribution in [3.8, 4) is 0 Å². The van der Waals surface area contributed by atoms with Gasteiger partial charge < -0.3 is 9.31 Å². The number of anilines is 1. The van der Waals surface area contributed by atoms with Crippen molar-refractivity contribution in [1.29, 1.82) is 0 Å². The standard InChI is InChI=1S/C16H21BF3NO4S/c1-14(2)15(3,4)25-17(24-14)10-5-8-12(16(18,19)20)13(9-10)21-26(22,23)11-6-7-11/h5,8-9,11,21H,6-7H2,1-4H3. The lowest BCUT2D eigenvalue weighted by molar-refractivity contribution is -0.136. The van der Waals surface area contributed by atoms with E-state index in [1.165, 1.54) is 6.07 Å². The fourth-order valence-corrected chi connectivity index (χ4v) is 4.03. The number of hydrogen-bond acceptors (Lipinski definition) is 4. The second-order valence-corrected chi connectivity index (χ2v) is 9.70. The van der Waals surface area contributed by atoms with Gasteiger partial charge in [-0.15, -0.1) is 0 Å². The number of alkyl halides is 3. The maximum Gasteiger partial charge on any atom is 0.494 e. The summed E-state index contributed by atoms with van der Waals surface area (Å²) in [6, 6.07) is 3.25. The van der Waals surface area contributed by atoms with Crippen molar-refractivity contribution in [3.05, 3.63) is 23.8 Å². The monoisotopic (exact) mass is 391 g/mol. The molecule has 0 radical (unpaired) electrons. The predicted octanol–water partition coefficient (Wildman–Crippen LogP) is 2.91. The van der Waals surface area contributed by atoms with Crippen molar-refractivity contribution < 1.29 is 30.9 Å². The average molecular weight is 391 g/mol. The van der Waals surface area contributed by atoms with Crippen LogP contribution in [0.4, 0.5) is 18.9 Å². The smallest absolute Gasteiger partial charge is 0.399 e. The van der Waals surface area contributed by atoms with Crippen molar-refractivity contribution in [2.45, 2.75) is 63.2 Å². The van der Waals surface area contributed by atoms with Gasteiger partial charge in [0.15, 0.2) is 0 Å². The highest BCUT2D eigenvalue weighted by Crippen LogP contribution is 2.39. The van der Waals surface area contributed by atoms with Gasteiger partial charge in [-0.3, -0.25) is 4.72 Å². The molecule has 3 rings (SSSR count). The van der Waals surface area contributed by atoms with E-state index in [0.717, 1.165) is 12.1 Å². The van der Waals surface area contributed by atoms with Crippen LogP contribution in [0.25, 0.3) is 0 Å². The van der Waals surface area contributed by atoms with E-state index in [1.54, 1.807) is 0 Å². The van der Waals surface area contributed by atoms with Gasteiger partial charge in [0.2, 0.25) is 10.0 Å². The van der Waals surface area contributed by atoms with E-state index < -0.39 is 51.0 Å². The van der Waals surface area contributed by atoms with Gasteiger partial charge in [-0.05, 0) is 58.1 Å². The van der Waals surface area contributed by atoms with Crippen LogP contribution < -0.4 is 10.2 Å². The van der Waals surface area contributed by atoms with E-state index in [9.17, 15) is 21.6 Å². The van der Waals surface area contributed by atoms with Crippen LogP contribution in [-0.2, 0) is 25.5 Å². The second-order valence-electron chi connectivity index (χ2n) is 7.74. The fraction of sp³-hybridized carbons (Fsp3) is 0.625. The van der Waals surface area contributed by atoms with Crippen molar-refractivity contribution >= 4 is 28.3 Å². The van der Waals surface area contributed by atoms with Gasteiger partial charge in [-0.1, -0.05) is 6.07 Å². The zero-order valence-corrected chi connectivity index (χ0v) is 15.8. The Balaban J connectivity index is 1.98. The first-order valence-electron chi connectivity index (χ1n) is 8.31. The molecule has 10 heteroatoms. The average Bonchev–Trinajstić information content (AvgIpc) is 3.26. The van der Waals surface area contributed by atoms with Gasteiger partial charge in [0.1, 0.15) is 0 Å². The maximum absolute atomic E-state index is 13.3. The van der Waals surface area contributed by atoms with Crippen molar-refractivity contribution in [2.75, 3.05) is 4.72 Å². The number of halogens is 3. The number of sulfonamides is 1. The minimum atomic E-state index is -4.68. The van der Waals surface area contributed by atoms with Crippen LogP contribution in [0.5, 0.6) is 0 Å². The summed E-state index contributed by atoms with van der Waals surface area (Å²) in [6.07, 6.45) is -3.78. The third-order valence-corrected chi connectivity index (χ3v) is 6.94. The molecule has 1 N–H and O–H groups in total. The number of rotatable bonds is 4. The molecule has 0 aromatic heterocycles. The van der Waals surface area contributed by atoms with E-state index in [-0.39, 0.29) is 0 Å². The second kappa shape index (κ2) is 5.87. The Bertz CT molecular complexity index is 803. The van der Waals surface area contributed by atoms with E-state index >= 15 is 0 Å². The van der Waals surface area contributed by atoms with Gasteiger partial charge in [0.25, 0.3) is 0 Å². The fourth-order valence-electron chi connectivity index (χ4n) is 2.63. The highest BCUT2D eigenvalue weighted by molar-refractivity contribution is 7.93. The Labute approximate surface area is 151 Å². The maximum atomic E-state index is 13.3. The van der Waals surface area contributed by atoms with E-state index in [4.69, 9.17) is 9.31 Å². The molecule has 26 heavy (non-hydrogen) atoms. The first-order chi connectivity index (χ1) is 11.7. The van der Waals surface area contributed by atoms with Crippen LogP contribution >= 0.6 is 0 Å². The topological polar surface area (TPSA) is 64.6 Å². The number of hydrogen-bond donors (Lipinski definition) is 1. The summed E-state index contributed by atoms with van der Waals surface area (Å²) in [7, 11) is -4.72. The molecule has 0 bridgehead atoms. The molecule has 144 valence electrons. The number of nitrogens with one attached hydrogen (secondary N) is 1. The van der Waals surface area contributed by atoms with Gasteiger partial charge in [0.05, 0.1) is 27.7 Å². The van der Waals surface area contributed by atoms with Crippen molar-refractivity contribution in [1.82, 2.24) is 0 Å². The molecule has 1 saturated carbocycles. The van der Waals surface area contributed by atoms with Gasteiger partial charge in [-0.2, -0.15) is 13.2 Å². The van der Waals surface area contributed by atoms with E-state index in [0.29, 0.717) is 18.3 Å². The summed E-state index contributed by atoms with van der Waals surface area (Å²) in [4.78, 5) is 0. The zero-order valence-electron chi connectivity index (χ0n) is 15.0. The third-order valence-electron chi connectivity index (χ3n) is 5.09. The molecular weight excluding hydrogens is 370 g/mol. The Morgan fingerprint density at radius 3 is 2.12 bits per heavy atom. The SMILES string of the molecule is CC1(C)OB(c2ccc(C(F)(F)F)c(NS(=O)(=O)C3CC3)c2)OC1(C)C. The Hall–Kier alpha value is -1.26. The van der Waals surface area contributed by atoms with Crippen LogP contribution in [0, 0.1) is 0 Å². The molecule has 1 heterocycles. The highest BCUT2D eigenvalue weighted by atomic mass is 32.2. The molecule has 0 spiro atoms. The molecule has 2 fully saturated rings. The van der Waals surface area contributed by atoms with Crippen LogP contribution in [0.3, 0.4) is 0 Å². The molecule has 1 aromatic carbocycles. The van der Waals surface area contributed by atoms with E-state index in [1.807, 2.05) is 27.7 Å². The highest BCUT2D eigenvalue weighted by Gasteiger charge is 2.52. The van der Waals surface area contributed by atoms with Gasteiger partial charge >= 0.3 is 13.3 Å². The summed E-state index contributed by atoms with van der Waals surface area (Å²) in [5.74, 6) is 0. The normalized spacial score (nSPS) is 22.5. The summed E-state index contributed by atoms with van der Waals surface area (Å²) in [5.41, 5.74) is -2.54. The first-order valence-corrected chi connectivity index (χ1v) is 9.86. The predicted molar refractivity (Wildman–Crippen MR) is 92.7 cm³/mol. The molecule has 2 aliphatic rings. The minimum absolute atomic E-state index is 0.324.